The van der Waals surface area contributed by atoms with Gasteiger partial charge in [0.15, 0.2) is 0 Å². The van der Waals surface area contributed by atoms with E-state index in [0.29, 0.717) is 0 Å². The van der Waals surface area contributed by atoms with Crippen molar-refractivity contribution in [2.45, 2.75) is 6.42 Å². The number of benzene rings is 1. The number of hydrogen-bond acceptors (Lipinski definition) is 3. The minimum atomic E-state index is 0.0995. The maximum Gasteiger partial charge on any atom is 0.122 e. The normalized spacial score (nSPS) is 10.4. The van der Waals surface area contributed by atoms with Crippen molar-refractivity contribution in [1.82, 2.24) is 9.78 Å². The summed E-state index contributed by atoms with van der Waals surface area (Å²) in [6.07, 6.45) is 4.86. The number of hydrogen-bond donors (Lipinski definition) is 2. The Morgan fingerprint density at radius 3 is 2.89 bits per heavy atom. The van der Waals surface area contributed by atoms with Crippen LogP contribution in [0.2, 0.25) is 0 Å². The van der Waals surface area contributed by atoms with E-state index >= 15 is 0 Å². The number of nitrogens with one attached hydrogen (secondary N) is 1. The maximum atomic E-state index is 7.46. The molecule has 19 heavy (non-hydrogen) atoms. The van der Waals surface area contributed by atoms with E-state index in [-0.39, 0.29) is 5.84 Å². The Bertz CT molecular complexity index is 573. The number of aryl methyl sites for hydroxylation is 1. The molecule has 100 valence electrons. The van der Waals surface area contributed by atoms with Gasteiger partial charge in [-0.05, 0) is 24.1 Å². The molecule has 0 amide bonds. The van der Waals surface area contributed by atoms with E-state index in [0.717, 1.165) is 24.2 Å². The van der Waals surface area contributed by atoms with Crippen molar-refractivity contribution in [3.63, 3.8) is 0 Å². The van der Waals surface area contributed by atoms with Crippen LogP contribution < -0.4 is 10.6 Å². The Morgan fingerprint density at radius 2 is 2.26 bits per heavy atom. The van der Waals surface area contributed by atoms with Gasteiger partial charge in [0.2, 0.25) is 0 Å². The van der Waals surface area contributed by atoms with Gasteiger partial charge in [-0.1, -0.05) is 12.1 Å². The lowest BCUT2D eigenvalue weighted by atomic mass is 10.1. The fourth-order valence-electron chi connectivity index (χ4n) is 1.94. The van der Waals surface area contributed by atoms with Crippen molar-refractivity contribution in [2.75, 3.05) is 18.5 Å². The Kier molecular flexibility index (Phi) is 3.85. The molecule has 0 saturated carbocycles. The molecule has 1 aromatic heterocycles. The van der Waals surface area contributed by atoms with E-state index in [1.807, 2.05) is 55.4 Å². The van der Waals surface area contributed by atoms with Crippen molar-refractivity contribution >= 4 is 11.5 Å². The molecule has 0 aliphatic heterocycles. The molecular weight excluding hydrogens is 238 g/mol. The highest BCUT2D eigenvalue weighted by molar-refractivity contribution is 5.95. The number of nitrogen functional groups attached to an aromatic ring is 1. The van der Waals surface area contributed by atoms with Crippen LogP contribution in [0, 0.1) is 5.41 Å². The lowest BCUT2D eigenvalue weighted by Crippen LogP contribution is -2.21. The van der Waals surface area contributed by atoms with E-state index in [9.17, 15) is 0 Å². The van der Waals surface area contributed by atoms with Crippen LogP contribution in [-0.4, -0.2) is 29.2 Å². The quantitative estimate of drug-likeness (QED) is 0.628. The van der Waals surface area contributed by atoms with Gasteiger partial charge in [-0.2, -0.15) is 5.10 Å². The monoisotopic (exact) mass is 257 g/mol. The molecule has 0 unspecified atom stereocenters. The van der Waals surface area contributed by atoms with Crippen molar-refractivity contribution in [1.29, 1.82) is 5.41 Å². The second-order valence-corrected chi connectivity index (χ2v) is 4.66. The van der Waals surface area contributed by atoms with Gasteiger partial charge in [0.1, 0.15) is 5.84 Å². The average molecular weight is 257 g/mol. The second kappa shape index (κ2) is 5.56. The molecule has 0 aliphatic carbocycles. The largest absolute Gasteiger partial charge is 0.384 e. The standard InChI is InChI=1S/C14H19N5/c1-18(7-6-11-9-17-19(2)10-11)13-5-3-4-12(8-13)14(15)16/h3-5,8-10H,6-7H2,1-2H3,(H3,15,16). The van der Waals surface area contributed by atoms with Crippen molar-refractivity contribution in [3.8, 4) is 0 Å². The van der Waals surface area contributed by atoms with Crippen LogP contribution in [0.15, 0.2) is 36.7 Å². The summed E-state index contributed by atoms with van der Waals surface area (Å²) in [5, 5.41) is 11.6. The molecule has 0 atom stereocenters. The van der Waals surface area contributed by atoms with E-state index in [1.165, 1.54) is 5.56 Å². The molecule has 0 bridgehead atoms. The van der Waals surface area contributed by atoms with Crippen LogP contribution in [0.1, 0.15) is 11.1 Å². The number of amidine groups is 1. The Hall–Kier alpha value is -2.30. The predicted molar refractivity (Wildman–Crippen MR) is 77.6 cm³/mol. The van der Waals surface area contributed by atoms with Crippen molar-refractivity contribution in [3.05, 3.63) is 47.8 Å². The summed E-state index contributed by atoms with van der Waals surface area (Å²) in [5.41, 5.74) is 8.55. The van der Waals surface area contributed by atoms with Gasteiger partial charge in [0.25, 0.3) is 0 Å². The minimum absolute atomic E-state index is 0.0995. The summed E-state index contributed by atoms with van der Waals surface area (Å²) in [7, 11) is 3.96. The van der Waals surface area contributed by atoms with Gasteiger partial charge in [-0.25, -0.2) is 0 Å². The van der Waals surface area contributed by atoms with Crippen LogP contribution in [-0.2, 0) is 13.5 Å². The zero-order chi connectivity index (χ0) is 13.8. The third-order valence-electron chi connectivity index (χ3n) is 3.09. The molecule has 3 N–H and O–H groups in total. The highest BCUT2D eigenvalue weighted by Gasteiger charge is 2.04. The molecule has 1 heterocycles. The fourth-order valence-corrected chi connectivity index (χ4v) is 1.94. The third-order valence-corrected chi connectivity index (χ3v) is 3.09. The fraction of sp³-hybridized carbons (Fsp3) is 0.286. The maximum absolute atomic E-state index is 7.46. The Balaban J connectivity index is 2.01. The Morgan fingerprint density at radius 1 is 1.47 bits per heavy atom. The summed E-state index contributed by atoms with van der Waals surface area (Å²) in [5.74, 6) is 0.0995. The van der Waals surface area contributed by atoms with Crippen LogP contribution in [0.3, 0.4) is 0 Å². The summed E-state index contributed by atoms with van der Waals surface area (Å²) in [6.45, 7) is 0.896. The molecule has 0 fully saturated rings. The first kappa shape index (κ1) is 13.1. The Labute approximate surface area is 113 Å². The topological polar surface area (TPSA) is 70.9 Å². The molecule has 0 aliphatic rings. The van der Waals surface area contributed by atoms with Gasteiger partial charge in [-0.15, -0.1) is 0 Å². The molecule has 2 rings (SSSR count). The van der Waals surface area contributed by atoms with Crippen LogP contribution in [0.25, 0.3) is 0 Å². The van der Waals surface area contributed by atoms with Gasteiger partial charge in [0, 0.05) is 38.1 Å². The number of anilines is 1. The zero-order valence-electron chi connectivity index (χ0n) is 11.3. The lowest BCUT2D eigenvalue weighted by molar-refractivity contribution is 0.766. The van der Waals surface area contributed by atoms with Gasteiger partial charge >= 0.3 is 0 Å². The van der Waals surface area contributed by atoms with Gasteiger partial charge < -0.3 is 10.6 Å². The van der Waals surface area contributed by atoms with E-state index in [2.05, 4.69) is 10.00 Å². The zero-order valence-corrected chi connectivity index (χ0v) is 11.3. The highest BCUT2D eigenvalue weighted by Crippen LogP contribution is 2.15. The number of aromatic nitrogens is 2. The number of nitrogens with zero attached hydrogens (tertiary/aromatic N) is 3. The first-order valence-corrected chi connectivity index (χ1v) is 6.19. The molecule has 0 saturated heterocycles. The first-order valence-electron chi connectivity index (χ1n) is 6.19. The molecule has 5 heteroatoms. The van der Waals surface area contributed by atoms with Crippen LogP contribution >= 0.6 is 0 Å². The molecule has 2 aromatic rings. The first-order chi connectivity index (χ1) is 9.06. The average Bonchev–Trinajstić information content (AvgIpc) is 2.82. The van der Waals surface area contributed by atoms with Crippen LogP contribution in [0.5, 0.6) is 0 Å². The second-order valence-electron chi connectivity index (χ2n) is 4.66. The third kappa shape index (κ3) is 3.34. The lowest BCUT2D eigenvalue weighted by Gasteiger charge is -2.19. The molecule has 0 radical (unpaired) electrons. The number of nitrogens with two attached hydrogens (primary N) is 1. The molecule has 0 spiro atoms. The van der Waals surface area contributed by atoms with Crippen molar-refractivity contribution < 1.29 is 0 Å². The highest BCUT2D eigenvalue weighted by atomic mass is 15.2. The van der Waals surface area contributed by atoms with E-state index in [1.54, 1.807) is 0 Å². The summed E-state index contributed by atoms with van der Waals surface area (Å²) in [6, 6.07) is 7.73. The molecular formula is C14H19N5. The number of rotatable bonds is 5. The minimum Gasteiger partial charge on any atom is -0.384 e. The molecule has 1 aromatic carbocycles. The van der Waals surface area contributed by atoms with Gasteiger partial charge in [-0.3, -0.25) is 10.1 Å². The van der Waals surface area contributed by atoms with Crippen molar-refractivity contribution in [2.24, 2.45) is 12.8 Å². The van der Waals surface area contributed by atoms with E-state index in [4.69, 9.17) is 11.1 Å². The number of likely N-dealkylation sites (N-methyl/N-ethyl adjacent to an activating group) is 1. The molecule has 5 nitrogen and oxygen atoms in total. The summed E-state index contributed by atoms with van der Waals surface area (Å²) >= 11 is 0. The summed E-state index contributed by atoms with van der Waals surface area (Å²) in [4.78, 5) is 2.15. The van der Waals surface area contributed by atoms with Crippen LogP contribution in [0.4, 0.5) is 5.69 Å². The summed E-state index contributed by atoms with van der Waals surface area (Å²) < 4.78 is 1.81. The smallest absolute Gasteiger partial charge is 0.122 e. The predicted octanol–water partition coefficient (Wildman–Crippen LogP) is 1.38. The van der Waals surface area contributed by atoms with Gasteiger partial charge in [0.05, 0.1) is 6.20 Å². The van der Waals surface area contributed by atoms with E-state index < -0.39 is 0 Å². The SMILES string of the molecule is CN(CCc1cnn(C)c1)c1cccc(C(=N)N)c1.